The molecule has 1 aromatic carbocycles. The molecule has 3 amide bonds. The number of fused-ring (bicyclic) bond motifs is 1. The van der Waals surface area contributed by atoms with Gasteiger partial charge in [0.1, 0.15) is 12.4 Å². The van der Waals surface area contributed by atoms with Crippen molar-refractivity contribution in [3.8, 4) is 0 Å². The van der Waals surface area contributed by atoms with Gasteiger partial charge >= 0.3 is 6.03 Å². The van der Waals surface area contributed by atoms with Crippen molar-refractivity contribution in [1.82, 2.24) is 20.2 Å². The lowest BCUT2D eigenvalue weighted by atomic mass is 10.2. The largest absolute Gasteiger partial charge is 0.335 e. The van der Waals surface area contributed by atoms with Crippen LogP contribution < -0.4 is 10.6 Å². The van der Waals surface area contributed by atoms with Crippen molar-refractivity contribution in [1.29, 1.82) is 0 Å². The highest BCUT2D eigenvalue weighted by atomic mass is 16.2. The molecule has 1 aromatic heterocycles. The molecule has 1 heterocycles. The predicted molar refractivity (Wildman–Crippen MR) is 83.4 cm³/mol. The number of hydrogen-bond acceptors (Lipinski definition) is 3. The zero-order chi connectivity index (χ0) is 15.5. The average Bonchev–Trinajstić information content (AvgIpc) is 3.08. The van der Waals surface area contributed by atoms with Gasteiger partial charge in [0.15, 0.2) is 0 Å². The molecule has 6 nitrogen and oxygen atoms in total. The van der Waals surface area contributed by atoms with Crippen molar-refractivity contribution in [3.05, 3.63) is 30.1 Å². The molecule has 1 aliphatic carbocycles. The summed E-state index contributed by atoms with van der Waals surface area (Å²) in [6.45, 7) is 1.94. The number of aromatic nitrogens is 2. The van der Waals surface area contributed by atoms with E-state index in [2.05, 4.69) is 15.6 Å². The molecule has 0 aliphatic heterocycles. The van der Waals surface area contributed by atoms with E-state index >= 15 is 0 Å². The van der Waals surface area contributed by atoms with E-state index in [0.29, 0.717) is 0 Å². The predicted octanol–water partition coefficient (Wildman–Crippen LogP) is 2.11. The first-order valence-corrected chi connectivity index (χ1v) is 7.65. The van der Waals surface area contributed by atoms with Crippen LogP contribution in [0, 0.1) is 6.92 Å². The van der Waals surface area contributed by atoms with Gasteiger partial charge < -0.3 is 9.88 Å². The van der Waals surface area contributed by atoms with Crippen LogP contribution in [0.25, 0.3) is 11.0 Å². The summed E-state index contributed by atoms with van der Waals surface area (Å²) in [6, 6.07) is 7.44. The van der Waals surface area contributed by atoms with Crippen LogP contribution in [0.15, 0.2) is 24.3 Å². The van der Waals surface area contributed by atoms with Crippen LogP contribution in [0.5, 0.6) is 0 Å². The Labute approximate surface area is 128 Å². The normalized spacial score (nSPS) is 15.1. The topological polar surface area (TPSA) is 76.0 Å². The number of nitrogens with one attached hydrogen (secondary N) is 2. The standard InChI is InChI=1S/C16H20N4O2/c1-11-17-13-8-4-5-9-14(13)20(11)10-15(21)19-16(22)18-12-6-2-3-7-12/h4-5,8-9,12H,2-3,6-7,10H2,1H3,(H2,18,19,21,22). The Bertz CT molecular complexity index is 701. The van der Waals surface area contributed by atoms with Crippen LogP contribution in [0.1, 0.15) is 31.5 Å². The fourth-order valence-corrected chi connectivity index (χ4v) is 3.00. The number of amides is 3. The van der Waals surface area contributed by atoms with Gasteiger partial charge in [-0.15, -0.1) is 0 Å². The lowest BCUT2D eigenvalue weighted by molar-refractivity contribution is -0.120. The molecule has 6 heteroatoms. The molecule has 2 N–H and O–H groups in total. The summed E-state index contributed by atoms with van der Waals surface area (Å²) >= 11 is 0. The molecule has 1 saturated carbocycles. The van der Waals surface area contributed by atoms with Crippen molar-refractivity contribution in [2.75, 3.05) is 0 Å². The molecule has 0 saturated heterocycles. The highest BCUT2D eigenvalue weighted by Gasteiger charge is 2.18. The molecule has 0 spiro atoms. The van der Waals surface area contributed by atoms with E-state index in [-0.39, 0.29) is 18.5 Å². The summed E-state index contributed by atoms with van der Waals surface area (Å²) < 4.78 is 1.81. The van der Waals surface area contributed by atoms with E-state index in [9.17, 15) is 9.59 Å². The number of nitrogens with zero attached hydrogens (tertiary/aromatic N) is 2. The second-order valence-corrected chi connectivity index (χ2v) is 5.74. The van der Waals surface area contributed by atoms with Crippen LogP contribution in [0.2, 0.25) is 0 Å². The van der Waals surface area contributed by atoms with Gasteiger partial charge in [-0.2, -0.15) is 0 Å². The Hall–Kier alpha value is -2.37. The zero-order valence-corrected chi connectivity index (χ0v) is 12.6. The van der Waals surface area contributed by atoms with E-state index < -0.39 is 6.03 Å². The second kappa shape index (κ2) is 6.17. The number of urea groups is 1. The lowest BCUT2D eigenvalue weighted by Gasteiger charge is -2.13. The summed E-state index contributed by atoms with van der Waals surface area (Å²) in [6.07, 6.45) is 4.26. The summed E-state index contributed by atoms with van der Waals surface area (Å²) in [4.78, 5) is 28.3. The fourth-order valence-electron chi connectivity index (χ4n) is 3.00. The molecule has 1 fully saturated rings. The maximum atomic E-state index is 12.1. The minimum atomic E-state index is -0.404. The number of aryl methyl sites for hydroxylation is 1. The van der Waals surface area contributed by atoms with E-state index in [1.165, 1.54) is 0 Å². The van der Waals surface area contributed by atoms with Gasteiger partial charge in [0.2, 0.25) is 5.91 Å². The fraction of sp³-hybridized carbons (Fsp3) is 0.438. The molecule has 2 aromatic rings. The maximum Gasteiger partial charge on any atom is 0.321 e. The number of carbonyl (C=O) groups is 2. The molecular weight excluding hydrogens is 280 g/mol. The maximum absolute atomic E-state index is 12.1. The van der Waals surface area contributed by atoms with Crippen molar-refractivity contribution < 1.29 is 9.59 Å². The molecular formula is C16H20N4O2. The highest BCUT2D eigenvalue weighted by Crippen LogP contribution is 2.17. The number of para-hydroxylation sites is 2. The van der Waals surface area contributed by atoms with Crippen LogP contribution >= 0.6 is 0 Å². The zero-order valence-electron chi connectivity index (χ0n) is 12.6. The summed E-state index contributed by atoms with van der Waals surface area (Å²) in [7, 11) is 0. The number of benzene rings is 1. The monoisotopic (exact) mass is 300 g/mol. The molecule has 116 valence electrons. The van der Waals surface area contributed by atoms with Crippen LogP contribution in [0.3, 0.4) is 0 Å². The van der Waals surface area contributed by atoms with Gasteiger partial charge in [-0.25, -0.2) is 9.78 Å². The van der Waals surface area contributed by atoms with E-state index in [4.69, 9.17) is 0 Å². The third kappa shape index (κ3) is 3.10. The lowest BCUT2D eigenvalue weighted by Crippen LogP contribution is -2.44. The number of imide groups is 1. The van der Waals surface area contributed by atoms with Crippen molar-refractivity contribution >= 4 is 23.0 Å². The van der Waals surface area contributed by atoms with Gasteiger partial charge in [-0.05, 0) is 31.9 Å². The molecule has 0 radical (unpaired) electrons. The first-order chi connectivity index (χ1) is 10.6. The minimum Gasteiger partial charge on any atom is -0.335 e. The van der Waals surface area contributed by atoms with Gasteiger partial charge in [-0.1, -0.05) is 25.0 Å². The van der Waals surface area contributed by atoms with Crippen LogP contribution in [-0.4, -0.2) is 27.5 Å². The van der Waals surface area contributed by atoms with E-state index in [1.54, 1.807) is 0 Å². The quantitative estimate of drug-likeness (QED) is 0.911. The minimum absolute atomic E-state index is 0.0877. The molecule has 22 heavy (non-hydrogen) atoms. The van der Waals surface area contributed by atoms with Crippen LogP contribution in [0.4, 0.5) is 4.79 Å². The van der Waals surface area contributed by atoms with Crippen molar-refractivity contribution in [2.45, 2.75) is 45.2 Å². The third-order valence-corrected chi connectivity index (χ3v) is 4.09. The third-order valence-electron chi connectivity index (χ3n) is 4.09. The Morgan fingerprint density at radius 1 is 1.27 bits per heavy atom. The molecule has 1 aliphatic rings. The first kappa shape index (κ1) is 14.6. The van der Waals surface area contributed by atoms with E-state index in [1.807, 2.05) is 35.8 Å². The summed E-state index contributed by atoms with van der Waals surface area (Å²) in [5.41, 5.74) is 1.74. The molecule has 0 unspecified atom stereocenters. The number of carbonyl (C=O) groups excluding carboxylic acids is 2. The first-order valence-electron chi connectivity index (χ1n) is 7.65. The molecule has 0 bridgehead atoms. The summed E-state index contributed by atoms with van der Waals surface area (Å²) in [5, 5.41) is 5.24. The Morgan fingerprint density at radius 2 is 2.00 bits per heavy atom. The summed E-state index contributed by atoms with van der Waals surface area (Å²) in [5.74, 6) is 0.425. The number of imidazole rings is 1. The van der Waals surface area contributed by atoms with Gasteiger partial charge in [0.25, 0.3) is 0 Å². The van der Waals surface area contributed by atoms with Gasteiger partial charge in [0, 0.05) is 6.04 Å². The van der Waals surface area contributed by atoms with Crippen molar-refractivity contribution in [3.63, 3.8) is 0 Å². The SMILES string of the molecule is Cc1nc2ccccc2n1CC(=O)NC(=O)NC1CCCC1. The van der Waals surface area contributed by atoms with Gasteiger partial charge in [-0.3, -0.25) is 10.1 Å². The average molecular weight is 300 g/mol. The Kier molecular flexibility index (Phi) is 4.09. The number of rotatable bonds is 3. The second-order valence-electron chi connectivity index (χ2n) is 5.74. The van der Waals surface area contributed by atoms with Crippen LogP contribution in [-0.2, 0) is 11.3 Å². The number of hydrogen-bond donors (Lipinski definition) is 2. The highest BCUT2D eigenvalue weighted by molar-refractivity contribution is 5.94. The Balaban J connectivity index is 1.63. The van der Waals surface area contributed by atoms with Gasteiger partial charge in [0.05, 0.1) is 11.0 Å². The molecule has 3 rings (SSSR count). The smallest absolute Gasteiger partial charge is 0.321 e. The van der Waals surface area contributed by atoms with Crippen molar-refractivity contribution in [2.24, 2.45) is 0 Å². The molecule has 0 atom stereocenters. The van der Waals surface area contributed by atoms with E-state index in [0.717, 1.165) is 42.5 Å². The Morgan fingerprint density at radius 3 is 2.77 bits per heavy atom.